The fourth-order valence-electron chi connectivity index (χ4n) is 2.65. The van der Waals surface area contributed by atoms with Crippen molar-refractivity contribution in [3.8, 4) is 0 Å². The Morgan fingerprint density at radius 1 is 1.00 bits per heavy atom. The summed E-state index contributed by atoms with van der Waals surface area (Å²) in [5.41, 5.74) is 4.03. The maximum absolute atomic E-state index is 5.92. The van der Waals surface area contributed by atoms with Crippen molar-refractivity contribution in [3.63, 3.8) is 0 Å². The summed E-state index contributed by atoms with van der Waals surface area (Å²) in [5, 5.41) is 10.1. The fraction of sp³-hybridized carbons (Fsp3) is 0.176. The average molecular weight is 292 g/mol. The van der Waals surface area contributed by atoms with E-state index >= 15 is 0 Å². The largest absolute Gasteiger partial charge is 0.267 e. The Morgan fingerprint density at radius 2 is 1.82 bits per heavy atom. The molecule has 0 unspecified atom stereocenters. The van der Waals surface area contributed by atoms with Crippen LogP contribution in [0, 0.1) is 0 Å². The predicted molar refractivity (Wildman–Crippen MR) is 84.5 cm³/mol. The molecule has 0 bridgehead atoms. The van der Waals surface area contributed by atoms with E-state index in [4.69, 9.17) is 4.94 Å². The smallest absolute Gasteiger partial charge is 0.133 e. The van der Waals surface area contributed by atoms with Crippen LogP contribution in [-0.2, 0) is 0 Å². The fourth-order valence-corrected chi connectivity index (χ4v) is 2.65. The first-order valence-electron chi connectivity index (χ1n) is 7.42. The van der Waals surface area contributed by atoms with Gasteiger partial charge in [0, 0.05) is 0 Å². The summed E-state index contributed by atoms with van der Waals surface area (Å²) < 4.78 is 0. The SMILES string of the molecule is C(=C1CCCN1On1nnc2ccccc21)c1ccccc1. The molecule has 0 radical (unpaired) electrons. The second-order valence-corrected chi connectivity index (χ2v) is 5.28. The Kier molecular flexibility index (Phi) is 3.23. The molecule has 2 heterocycles. The van der Waals surface area contributed by atoms with Gasteiger partial charge in [-0.05, 0) is 46.7 Å². The predicted octanol–water partition coefficient (Wildman–Crippen LogP) is 2.91. The van der Waals surface area contributed by atoms with E-state index in [-0.39, 0.29) is 0 Å². The van der Waals surface area contributed by atoms with E-state index in [9.17, 15) is 0 Å². The Hall–Kier alpha value is -2.82. The van der Waals surface area contributed by atoms with E-state index in [0.29, 0.717) is 0 Å². The van der Waals surface area contributed by atoms with Gasteiger partial charge in [0.2, 0.25) is 0 Å². The zero-order valence-corrected chi connectivity index (χ0v) is 12.1. The van der Waals surface area contributed by atoms with Gasteiger partial charge >= 0.3 is 0 Å². The Balaban J connectivity index is 1.61. The summed E-state index contributed by atoms with van der Waals surface area (Å²) >= 11 is 0. The van der Waals surface area contributed by atoms with Crippen molar-refractivity contribution in [1.29, 1.82) is 0 Å². The summed E-state index contributed by atoms with van der Waals surface area (Å²) in [6.07, 6.45) is 4.24. The molecular weight excluding hydrogens is 276 g/mol. The van der Waals surface area contributed by atoms with Gasteiger partial charge in [-0.25, -0.2) is 0 Å². The molecule has 110 valence electrons. The van der Waals surface area contributed by atoms with Crippen molar-refractivity contribution in [2.24, 2.45) is 0 Å². The van der Waals surface area contributed by atoms with E-state index in [1.165, 1.54) is 10.4 Å². The summed E-state index contributed by atoms with van der Waals surface area (Å²) in [7, 11) is 0. The van der Waals surface area contributed by atoms with Gasteiger partial charge in [0.25, 0.3) is 0 Å². The molecule has 5 heteroatoms. The van der Waals surface area contributed by atoms with Crippen LogP contribution in [0.25, 0.3) is 17.1 Å². The molecule has 0 N–H and O–H groups in total. The molecule has 1 saturated heterocycles. The molecule has 4 rings (SSSR count). The molecule has 22 heavy (non-hydrogen) atoms. The highest BCUT2D eigenvalue weighted by Gasteiger charge is 2.20. The number of benzene rings is 2. The number of hydrogen-bond donors (Lipinski definition) is 0. The first kappa shape index (κ1) is 12.9. The van der Waals surface area contributed by atoms with Crippen molar-refractivity contribution in [1.82, 2.24) is 20.2 Å². The van der Waals surface area contributed by atoms with Crippen LogP contribution in [0.2, 0.25) is 0 Å². The molecule has 0 saturated carbocycles. The molecule has 1 aliphatic rings. The lowest BCUT2D eigenvalue weighted by Gasteiger charge is -2.18. The third kappa shape index (κ3) is 2.41. The van der Waals surface area contributed by atoms with Crippen LogP contribution < -0.4 is 4.94 Å². The second-order valence-electron chi connectivity index (χ2n) is 5.28. The molecule has 1 aromatic heterocycles. The molecule has 1 aliphatic heterocycles. The monoisotopic (exact) mass is 292 g/mol. The molecule has 0 atom stereocenters. The average Bonchev–Trinajstić information content (AvgIpc) is 3.17. The Morgan fingerprint density at radius 3 is 2.73 bits per heavy atom. The molecule has 3 aromatic rings. The van der Waals surface area contributed by atoms with Crippen molar-refractivity contribution >= 4 is 17.1 Å². The highest BCUT2D eigenvalue weighted by Crippen LogP contribution is 2.23. The normalized spacial score (nSPS) is 16.5. The van der Waals surface area contributed by atoms with Crippen LogP contribution in [0.3, 0.4) is 0 Å². The third-order valence-electron chi connectivity index (χ3n) is 3.74. The van der Waals surface area contributed by atoms with Gasteiger partial charge in [0.05, 0.1) is 12.2 Å². The standard InChI is InChI=1S/C17H16N4O/c1-2-7-14(8-3-1)13-15-9-6-12-20(15)22-21-17-11-5-4-10-16(17)18-19-21/h1-5,7-8,10-11,13H,6,9,12H2. The molecule has 0 spiro atoms. The number of fused-ring (bicyclic) bond motifs is 1. The van der Waals surface area contributed by atoms with Crippen molar-refractivity contribution < 1.29 is 4.94 Å². The van der Waals surface area contributed by atoms with Gasteiger partial charge in [0.15, 0.2) is 0 Å². The highest BCUT2D eigenvalue weighted by molar-refractivity contribution is 5.73. The third-order valence-corrected chi connectivity index (χ3v) is 3.74. The molecule has 1 fully saturated rings. The topological polar surface area (TPSA) is 43.2 Å². The lowest BCUT2D eigenvalue weighted by atomic mass is 10.2. The van der Waals surface area contributed by atoms with Gasteiger partial charge in [-0.15, -0.1) is 5.10 Å². The van der Waals surface area contributed by atoms with Crippen LogP contribution in [0.5, 0.6) is 0 Å². The van der Waals surface area contributed by atoms with Gasteiger partial charge < -0.3 is 0 Å². The van der Waals surface area contributed by atoms with Gasteiger partial charge in [-0.3, -0.25) is 4.94 Å². The van der Waals surface area contributed by atoms with Gasteiger partial charge in [-0.1, -0.05) is 42.5 Å². The maximum atomic E-state index is 5.92. The first-order valence-corrected chi connectivity index (χ1v) is 7.42. The number of aromatic nitrogens is 3. The van der Waals surface area contributed by atoms with E-state index < -0.39 is 0 Å². The zero-order chi connectivity index (χ0) is 14.8. The number of allylic oxidation sites excluding steroid dienone is 1. The van der Waals surface area contributed by atoms with E-state index in [2.05, 4.69) is 28.5 Å². The number of hydrogen-bond acceptors (Lipinski definition) is 4. The van der Waals surface area contributed by atoms with Crippen molar-refractivity contribution in [3.05, 3.63) is 65.9 Å². The first-order chi connectivity index (χ1) is 10.9. The van der Waals surface area contributed by atoms with Gasteiger partial charge in [0.1, 0.15) is 11.0 Å². The van der Waals surface area contributed by atoms with Crippen LogP contribution in [0.15, 0.2) is 60.3 Å². The second kappa shape index (κ2) is 5.52. The van der Waals surface area contributed by atoms with Crippen LogP contribution >= 0.6 is 0 Å². The van der Waals surface area contributed by atoms with Crippen LogP contribution in [0.1, 0.15) is 18.4 Å². The number of para-hydroxylation sites is 1. The maximum Gasteiger partial charge on any atom is 0.133 e. The summed E-state index contributed by atoms with van der Waals surface area (Å²) in [5.74, 6) is 0. The Labute approximate surface area is 128 Å². The summed E-state index contributed by atoms with van der Waals surface area (Å²) in [4.78, 5) is 7.41. The van der Waals surface area contributed by atoms with E-state index in [1.807, 2.05) is 47.5 Å². The Bertz CT molecular complexity index is 810. The summed E-state index contributed by atoms with van der Waals surface area (Å²) in [6, 6.07) is 18.1. The number of hydroxylamine groups is 2. The minimum absolute atomic E-state index is 0.829. The molecule has 0 amide bonds. The molecule has 2 aromatic carbocycles. The lowest BCUT2D eigenvalue weighted by Crippen LogP contribution is -2.30. The van der Waals surface area contributed by atoms with Crippen molar-refractivity contribution in [2.45, 2.75) is 12.8 Å². The molecule has 0 aliphatic carbocycles. The highest BCUT2D eigenvalue weighted by atomic mass is 16.8. The zero-order valence-electron chi connectivity index (χ0n) is 12.1. The minimum Gasteiger partial charge on any atom is -0.267 e. The minimum atomic E-state index is 0.829. The lowest BCUT2D eigenvalue weighted by molar-refractivity contribution is -0.135. The van der Waals surface area contributed by atoms with Crippen LogP contribution in [0.4, 0.5) is 0 Å². The number of nitrogens with zero attached hydrogens (tertiary/aromatic N) is 4. The van der Waals surface area contributed by atoms with E-state index in [0.717, 1.165) is 36.1 Å². The van der Waals surface area contributed by atoms with Gasteiger partial charge in [-0.2, -0.15) is 5.06 Å². The van der Waals surface area contributed by atoms with Crippen molar-refractivity contribution in [2.75, 3.05) is 6.54 Å². The number of rotatable bonds is 3. The molecular formula is C17H16N4O. The van der Waals surface area contributed by atoms with Crippen LogP contribution in [-0.4, -0.2) is 26.8 Å². The quantitative estimate of drug-likeness (QED) is 0.744. The summed E-state index contributed by atoms with van der Waals surface area (Å²) in [6.45, 7) is 0.854. The molecule has 5 nitrogen and oxygen atoms in total. The van der Waals surface area contributed by atoms with E-state index in [1.54, 1.807) is 0 Å².